The highest BCUT2D eigenvalue weighted by Gasteiger charge is 2.32. The zero-order valence-corrected chi connectivity index (χ0v) is 23.9. The first kappa shape index (κ1) is 29.6. The number of likely N-dealkylation sites (tertiary alicyclic amines) is 1. The molecule has 6 nitrogen and oxygen atoms in total. The molecule has 214 valence electrons. The molecule has 0 saturated carbocycles. The van der Waals surface area contributed by atoms with Crippen LogP contribution in [0.5, 0.6) is 5.75 Å². The maximum absolute atomic E-state index is 12.7. The Kier molecular flexibility index (Phi) is 9.18. The van der Waals surface area contributed by atoms with Crippen LogP contribution >= 0.6 is 11.8 Å². The van der Waals surface area contributed by atoms with Crippen molar-refractivity contribution >= 4 is 23.5 Å². The summed E-state index contributed by atoms with van der Waals surface area (Å²) in [5, 5.41) is 0. The van der Waals surface area contributed by atoms with Crippen LogP contribution in [0, 0.1) is 0 Å². The highest BCUT2D eigenvalue weighted by atomic mass is 32.2. The van der Waals surface area contributed by atoms with Crippen LogP contribution in [-0.2, 0) is 11.3 Å². The highest BCUT2D eigenvalue weighted by molar-refractivity contribution is 7.98. The number of halogens is 3. The van der Waals surface area contributed by atoms with Gasteiger partial charge in [0.15, 0.2) is 0 Å². The van der Waals surface area contributed by atoms with Gasteiger partial charge in [-0.3, -0.25) is 4.98 Å². The second-order valence-corrected chi connectivity index (χ2v) is 11.5. The number of carbonyl (C=O) groups is 1. The second kappa shape index (κ2) is 12.4. The predicted octanol–water partition coefficient (Wildman–Crippen LogP) is 7.78. The van der Waals surface area contributed by atoms with E-state index in [1.54, 1.807) is 28.9 Å². The molecular weight excluding hydrogens is 539 g/mol. The number of rotatable bonds is 7. The molecule has 0 N–H and O–H groups in total. The van der Waals surface area contributed by atoms with Crippen LogP contribution in [0.25, 0.3) is 11.3 Å². The summed E-state index contributed by atoms with van der Waals surface area (Å²) in [5.41, 5.74) is 2.58. The van der Waals surface area contributed by atoms with Gasteiger partial charge in [-0.15, -0.1) is 24.9 Å². The van der Waals surface area contributed by atoms with Crippen LogP contribution in [0.15, 0.2) is 71.8 Å². The molecular formula is C30H34F3N3O3S. The number of hydrogen-bond acceptors (Lipinski definition) is 6. The molecule has 0 radical (unpaired) electrons. The van der Waals surface area contributed by atoms with Crippen molar-refractivity contribution in [2.75, 3.05) is 24.2 Å². The third-order valence-electron chi connectivity index (χ3n) is 6.50. The quantitative estimate of drug-likeness (QED) is 0.269. The molecule has 1 aliphatic rings. The molecule has 10 heteroatoms. The number of anilines is 1. The van der Waals surface area contributed by atoms with E-state index < -0.39 is 12.0 Å². The molecule has 2 aromatic carbocycles. The van der Waals surface area contributed by atoms with Crippen molar-refractivity contribution in [3.63, 3.8) is 0 Å². The standard InChI is InChI=1S/C30H34F3N3O3S/c1-29(2,3)39-28(37)35-16-13-24(14-17-35)36(23-8-10-26(40-4)11-9-23)20-21-12-15-34-27(18-21)22-6-5-7-25(19-22)38-30(31,32)33/h5-12,15,18-19,24H,13-14,16-17,20H2,1-4H3. The summed E-state index contributed by atoms with van der Waals surface area (Å²) in [6.07, 6.45) is 0.196. The van der Waals surface area contributed by atoms with E-state index in [0.29, 0.717) is 30.9 Å². The molecule has 0 aliphatic carbocycles. The Hall–Kier alpha value is -3.40. The number of benzene rings is 2. The maximum atomic E-state index is 12.7. The number of amides is 1. The fourth-order valence-electron chi connectivity index (χ4n) is 4.67. The topological polar surface area (TPSA) is 54.9 Å². The van der Waals surface area contributed by atoms with Crippen molar-refractivity contribution in [2.45, 2.75) is 63.1 Å². The van der Waals surface area contributed by atoms with Crippen molar-refractivity contribution in [3.8, 4) is 17.0 Å². The molecule has 1 fully saturated rings. The molecule has 0 bridgehead atoms. The van der Waals surface area contributed by atoms with Crippen LogP contribution in [-0.4, -0.2) is 53.3 Å². The molecule has 1 aromatic heterocycles. The van der Waals surface area contributed by atoms with Gasteiger partial charge < -0.3 is 19.3 Å². The monoisotopic (exact) mass is 573 g/mol. The summed E-state index contributed by atoms with van der Waals surface area (Å²) < 4.78 is 47.9. The van der Waals surface area contributed by atoms with E-state index in [1.165, 1.54) is 18.2 Å². The number of thioether (sulfide) groups is 1. The van der Waals surface area contributed by atoms with Crippen LogP contribution in [0.1, 0.15) is 39.2 Å². The van der Waals surface area contributed by atoms with Crippen molar-refractivity contribution in [3.05, 3.63) is 72.4 Å². The number of piperidine rings is 1. The lowest BCUT2D eigenvalue weighted by molar-refractivity contribution is -0.274. The SMILES string of the molecule is CSc1ccc(N(Cc2ccnc(-c3cccc(OC(F)(F)F)c3)c2)C2CCN(C(=O)OC(C)(C)C)CC2)cc1. The summed E-state index contributed by atoms with van der Waals surface area (Å²) in [5.74, 6) is -0.288. The third-order valence-corrected chi connectivity index (χ3v) is 7.25. The van der Waals surface area contributed by atoms with Crippen LogP contribution in [0.3, 0.4) is 0 Å². The number of aromatic nitrogens is 1. The fraction of sp³-hybridized carbons (Fsp3) is 0.400. The Bertz CT molecular complexity index is 1290. The van der Waals surface area contributed by atoms with Gasteiger partial charge in [0.05, 0.1) is 5.69 Å². The van der Waals surface area contributed by atoms with E-state index in [4.69, 9.17) is 4.74 Å². The predicted molar refractivity (Wildman–Crippen MR) is 152 cm³/mol. The summed E-state index contributed by atoms with van der Waals surface area (Å²) >= 11 is 1.68. The van der Waals surface area contributed by atoms with Gasteiger partial charge in [-0.25, -0.2) is 4.79 Å². The van der Waals surface area contributed by atoms with E-state index in [-0.39, 0.29) is 17.9 Å². The van der Waals surface area contributed by atoms with Crippen molar-refractivity contribution < 1.29 is 27.4 Å². The summed E-state index contributed by atoms with van der Waals surface area (Å²) in [6, 6.07) is 18.2. The summed E-state index contributed by atoms with van der Waals surface area (Å²) in [4.78, 5) is 22.3. The average molecular weight is 574 g/mol. The molecule has 4 rings (SSSR count). The van der Waals surface area contributed by atoms with E-state index in [0.717, 1.165) is 29.0 Å². The smallest absolute Gasteiger partial charge is 0.444 e. The molecule has 1 saturated heterocycles. The van der Waals surface area contributed by atoms with Crippen molar-refractivity contribution in [1.82, 2.24) is 9.88 Å². The van der Waals surface area contributed by atoms with E-state index in [9.17, 15) is 18.0 Å². The fourth-order valence-corrected chi connectivity index (χ4v) is 5.08. The highest BCUT2D eigenvalue weighted by Crippen LogP contribution is 2.31. The number of hydrogen-bond donors (Lipinski definition) is 0. The first-order valence-corrected chi connectivity index (χ1v) is 14.3. The first-order valence-electron chi connectivity index (χ1n) is 13.1. The second-order valence-electron chi connectivity index (χ2n) is 10.6. The lowest BCUT2D eigenvalue weighted by Gasteiger charge is -2.40. The maximum Gasteiger partial charge on any atom is 0.573 e. The molecule has 1 amide bonds. The van der Waals surface area contributed by atoms with Crippen LogP contribution in [0.4, 0.5) is 23.7 Å². The lowest BCUT2D eigenvalue weighted by atomic mass is 10.0. The van der Waals surface area contributed by atoms with Gasteiger partial charge in [0.2, 0.25) is 0 Å². The molecule has 0 spiro atoms. The average Bonchev–Trinajstić information content (AvgIpc) is 2.90. The minimum atomic E-state index is -4.76. The third kappa shape index (κ3) is 8.30. The number of alkyl halides is 3. The Morgan fingerprint density at radius 1 is 1.05 bits per heavy atom. The Balaban J connectivity index is 1.55. The minimum Gasteiger partial charge on any atom is -0.444 e. The number of nitrogens with zero attached hydrogens (tertiary/aromatic N) is 3. The lowest BCUT2D eigenvalue weighted by Crippen LogP contribution is -2.48. The normalized spacial score (nSPS) is 14.6. The van der Waals surface area contributed by atoms with Gasteiger partial charge >= 0.3 is 12.5 Å². The van der Waals surface area contributed by atoms with E-state index in [1.807, 2.05) is 39.2 Å². The van der Waals surface area contributed by atoms with Gasteiger partial charge in [0.1, 0.15) is 11.4 Å². The summed E-state index contributed by atoms with van der Waals surface area (Å²) in [7, 11) is 0. The Labute approximate surface area is 237 Å². The van der Waals surface area contributed by atoms with Gasteiger partial charge in [0, 0.05) is 48.0 Å². The number of pyridine rings is 1. The first-order chi connectivity index (χ1) is 18.9. The van der Waals surface area contributed by atoms with Crippen LogP contribution < -0.4 is 9.64 Å². The largest absolute Gasteiger partial charge is 0.573 e. The van der Waals surface area contributed by atoms with Crippen molar-refractivity contribution in [2.24, 2.45) is 0 Å². The van der Waals surface area contributed by atoms with E-state index in [2.05, 4.69) is 38.9 Å². The van der Waals surface area contributed by atoms with E-state index >= 15 is 0 Å². The molecule has 40 heavy (non-hydrogen) atoms. The zero-order chi connectivity index (χ0) is 28.9. The van der Waals surface area contributed by atoms with Crippen LogP contribution in [0.2, 0.25) is 0 Å². The molecule has 3 aromatic rings. The minimum absolute atomic E-state index is 0.180. The zero-order valence-electron chi connectivity index (χ0n) is 23.1. The Morgan fingerprint density at radius 2 is 1.75 bits per heavy atom. The molecule has 1 aliphatic heterocycles. The van der Waals surface area contributed by atoms with Crippen molar-refractivity contribution in [1.29, 1.82) is 0 Å². The molecule has 0 unspecified atom stereocenters. The Morgan fingerprint density at radius 3 is 2.38 bits per heavy atom. The molecule has 2 heterocycles. The summed E-state index contributed by atoms with van der Waals surface area (Å²) in [6.45, 7) is 7.34. The van der Waals surface area contributed by atoms with Gasteiger partial charge in [-0.05, 0) is 94.0 Å². The number of carbonyl (C=O) groups excluding carboxylic acids is 1. The van der Waals surface area contributed by atoms with Gasteiger partial charge in [-0.2, -0.15) is 0 Å². The van der Waals surface area contributed by atoms with Gasteiger partial charge in [0.25, 0.3) is 0 Å². The molecule has 0 atom stereocenters. The van der Waals surface area contributed by atoms with Gasteiger partial charge in [-0.1, -0.05) is 12.1 Å². The number of ether oxygens (including phenoxy) is 2.